The summed E-state index contributed by atoms with van der Waals surface area (Å²) >= 11 is 0. The second kappa shape index (κ2) is 3.39. The van der Waals surface area contributed by atoms with Crippen LogP contribution in [0, 0.1) is 0 Å². The van der Waals surface area contributed by atoms with Gasteiger partial charge >= 0.3 is 0 Å². The van der Waals surface area contributed by atoms with Crippen molar-refractivity contribution >= 4 is 6.29 Å². The molecule has 0 spiro atoms. The molecule has 2 heteroatoms. The number of phenols is 1. The van der Waals surface area contributed by atoms with Gasteiger partial charge in [0.15, 0.2) is 6.29 Å². The molecule has 0 bridgehead atoms. The van der Waals surface area contributed by atoms with E-state index in [4.69, 9.17) is 0 Å². The van der Waals surface area contributed by atoms with E-state index in [-0.39, 0.29) is 5.75 Å². The summed E-state index contributed by atoms with van der Waals surface area (Å²) in [6.07, 6.45) is 0.668. The molecule has 1 rings (SSSR count). The van der Waals surface area contributed by atoms with Crippen molar-refractivity contribution in [2.24, 2.45) is 0 Å². The van der Waals surface area contributed by atoms with Crippen molar-refractivity contribution in [1.82, 2.24) is 0 Å². The van der Waals surface area contributed by atoms with Crippen LogP contribution in [0.4, 0.5) is 0 Å². The molecule has 1 aromatic carbocycles. The Hall–Kier alpha value is -1.31. The Morgan fingerprint density at radius 1 is 1.42 bits per heavy atom. The van der Waals surface area contributed by atoms with Crippen LogP contribution in [0.15, 0.2) is 18.2 Å². The fourth-order valence-corrected chi connectivity index (χ4v) is 1.03. The smallest absolute Gasteiger partial charge is 0.153 e. The molecule has 2 nitrogen and oxygen atoms in total. The molecule has 0 aliphatic carbocycles. The normalized spacial score (nSPS) is 10.2. The van der Waals surface area contributed by atoms with Crippen LogP contribution in [0.1, 0.15) is 35.7 Å². The molecule has 1 N–H and O–H groups in total. The van der Waals surface area contributed by atoms with Gasteiger partial charge in [0.25, 0.3) is 0 Å². The van der Waals surface area contributed by atoms with Crippen molar-refractivity contribution in [1.29, 1.82) is 0 Å². The van der Waals surface area contributed by atoms with E-state index in [1.165, 1.54) is 0 Å². The van der Waals surface area contributed by atoms with Gasteiger partial charge in [-0.1, -0.05) is 19.9 Å². The van der Waals surface area contributed by atoms with Crippen LogP contribution in [-0.4, -0.2) is 11.4 Å². The monoisotopic (exact) mass is 164 g/mol. The molecule has 0 unspecified atom stereocenters. The second-order valence-corrected chi connectivity index (χ2v) is 3.09. The minimum absolute atomic E-state index is 0.0504. The van der Waals surface area contributed by atoms with Gasteiger partial charge in [-0.15, -0.1) is 0 Å². The molecule has 64 valence electrons. The molecule has 0 aromatic heterocycles. The van der Waals surface area contributed by atoms with Crippen LogP contribution in [0.25, 0.3) is 0 Å². The number of hydrogen-bond acceptors (Lipinski definition) is 2. The average molecular weight is 164 g/mol. The van der Waals surface area contributed by atoms with E-state index in [0.717, 1.165) is 5.56 Å². The van der Waals surface area contributed by atoms with E-state index in [9.17, 15) is 9.90 Å². The molecule has 0 heterocycles. The first-order valence-corrected chi connectivity index (χ1v) is 3.93. The van der Waals surface area contributed by atoms with Crippen LogP contribution in [0.2, 0.25) is 0 Å². The summed E-state index contributed by atoms with van der Waals surface area (Å²) in [5.74, 6) is 0.429. The Kier molecular flexibility index (Phi) is 2.48. The fraction of sp³-hybridized carbons (Fsp3) is 0.300. The number of carbonyl (C=O) groups is 1. The van der Waals surface area contributed by atoms with Gasteiger partial charge in [0.2, 0.25) is 0 Å². The van der Waals surface area contributed by atoms with Crippen molar-refractivity contribution in [3.05, 3.63) is 29.3 Å². The van der Waals surface area contributed by atoms with E-state index in [0.29, 0.717) is 17.8 Å². The van der Waals surface area contributed by atoms with Crippen LogP contribution < -0.4 is 0 Å². The summed E-state index contributed by atoms with van der Waals surface area (Å²) in [5.41, 5.74) is 1.43. The Balaban J connectivity index is 3.13. The maximum atomic E-state index is 10.4. The summed E-state index contributed by atoms with van der Waals surface area (Å²) < 4.78 is 0. The van der Waals surface area contributed by atoms with Gasteiger partial charge in [-0.3, -0.25) is 4.79 Å². The average Bonchev–Trinajstić information content (AvgIpc) is 2.05. The number of rotatable bonds is 2. The first kappa shape index (κ1) is 8.78. The predicted octanol–water partition coefficient (Wildman–Crippen LogP) is 2.33. The lowest BCUT2D eigenvalue weighted by atomic mass is 10.0. The van der Waals surface area contributed by atoms with Crippen LogP contribution in [-0.2, 0) is 0 Å². The summed E-state index contributed by atoms with van der Waals surface area (Å²) in [4.78, 5) is 10.4. The van der Waals surface area contributed by atoms with E-state index < -0.39 is 0 Å². The first-order valence-electron chi connectivity index (χ1n) is 3.93. The Labute approximate surface area is 71.8 Å². The van der Waals surface area contributed by atoms with Gasteiger partial charge < -0.3 is 5.11 Å². The molecule has 0 aliphatic heterocycles. The van der Waals surface area contributed by atoms with Crippen molar-refractivity contribution < 1.29 is 9.90 Å². The van der Waals surface area contributed by atoms with Crippen LogP contribution >= 0.6 is 0 Å². The van der Waals surface area contributed by atoms with Gasteiger partial charge in [-0.05, 0) is 23.6 Å². The van der Waals surface area contributed by atoms with Crippen molar-refractivity contribution in [3.8, 4) is 5.75 Å². The highest BCUT2D eigenvalue weighted by Crippen LogP contribution is 2.21. The highest BCUT2D eigenvalue weighted by atomic mass is 16.3. The Bertz CT molecular complexity index is 290. The maximum absolute atomic E-state index is 10.4. The molecule has 0 amide bonds. The molecule has 12 heavy (non-hydrogen) atoms. The van der Waals surface area contributed by atoms with E-state index in [2.05, 4.69) is 0 Å². The number of carbonyl (C=O) groups excluding carboxylic acids is 1. The van der Waals surface area contributed by atoms with Gasteiger partial charge in [-0.2, -0.15) is 0 Å². The predicted molar refractivity (Wildman–Crippen MR) is 47.6 cm³/mol. The third-order valence-corrected chi connectivity index (χ3v) is 1.85. The molecular weight excluding hydrogens is 152 g/mol. The Morgan fingerprint density at radius 2 is 2.08 bits per heavy atom. The largest absolute Gasteiger partial charge is 0.507 e. The van der Waals surface area contributed by atoms with Crippen molar-refractivity contribution in [2.45, 2.75) is 19.8 Å². The summed E-state index contributed by atoms with van der Waals surface area (Å²) in [7, 11) is 0. The molecule has 0 radical (unpaired) electrons. The number of phenolic OH excluding ortho intramolecular Hbond substituents is 1. The molecule has 0 saturated heterocycles. The second-order valence-electron chi connectivity index (χ2n) is 3.09. The summed E-state index contributed by atoms with van der Waals surface area (Å²) in [6.45, 7) is 4.09. The van der Waals surface area contributed by atoms with Crippen LogP contribution in [0.5, 0.6) is 5.75 Å². The molecule has 0 atom stereocenters. The van der Waals surface area contributed by atoms with Gasteiger partial charge in [0.1, 0.15) is 5.75 Å². The third-order valence-electron chi connectivity index (χ3n) is 1.85. The third kappa shape index (κ3) is 1.64. The zero-order chi connectivity index (χ0) is 9.14. The van der Waals surface area contributed by atoms with Gasteiger partial charge in [0.05, 0.1) is 5.56 Å². The van der Waals surface area contributed by atoms with Crippen molar-refractivity contribution in [2.75, 3.05) is 0 Å². The number of hydrogen-bond donors (Lipinski definition) is 1. The lowest BCUT2D eigenvalue weighted by molar-refractivity contribution is 0.112. The minimum Gasteiger partial charge on any atom is -0.507 e. The minimum atomic E-state index is 0.0504. The lowest BCUT2D eigenvalue weighted by Gasteiger charge is -2.05. The highest BCUT2D eigenvalue weighted by molar-refractivity contribution is 5.79. The molecule has 0 saturated carbocycles. The topological polar surface area (TPSA) is 37.3 Å². The molecule has 0 aliphatic rings. The number of benzene rings is 1. The van der Waals surface area contributed by atoms with Gasteiger partial charge in [0, 0.05) is 0 Å². The summed E-state index contributed by atoms with van der Waals surface area (Å²) in [6, 6.07) is 5.10. The zero-order valence-electron chi connectivity index (χ0n) is 7.24. The highest BCUT2D eigenvalue weighted by Gasteiger charge is 2.03. The van der Waals surface area contributed by atoms with E-state index in [1.54, 1.807) is 12.1 Å². The van der Waals surface area contributed by atoms with Crippen LogP contribution in [0.3, 0.4) is 0 Å². The zero-order valence-corrected chi connectivity index (χ0v) is 7.24. The molecule has 1 aromatic rings. The summed E-state index contributed by atoms with van der Waals surface area (Å²) in [5, 5.41) is 9.19. The molecule has 0 fully saturated rings. The number of aldehydes is 1. The standard InChI is InChI=1S/C10H12O2/c1-7(2)8-3-4-10(12)9(5-8)6-11/h3-7,12H,1-2H3. The Morgan fingerprint density at radius 3 is 2.58 bits per heavy atom. The van der Waals surface area contributed by atoms with Gasteiger partial charge in [-0.25, -0.2) is 0 Å². The lowest BCUT2D eigenvalue weighted by Crippen LogP contribution is -1.89. The van der Waals surface area contributed by atoms with E-state index in [1.807, 2.05) is 19.9 Å². The van der Waals surface area contributed by atoms with E-state index >= 15 is 0 Å². The van der Waals surface area contributed by atoms with Crippen molar-refractivity contribution in [3.63, 3.8) is 0 Å². The quantitative estimate of drug-likeness (QED) is 0.681. The molecular formula is C10H12O2. The maximum Gasteiger partial charge on any atom is 0.153 e. The first-order chi connectivity index (χ1) is 5.65. The number of aromatic hydroxyl groups is 1. The fourth-order valence-electron chi connectivity index (χ4n) is 1.03. The SMILES string of the molecule is CC(C)c1ccc(O)c(C=O)c1.